The molecule has 3 rings (SSSR count). The van der Waals surface area contributed by atoms with E-state index < -0.39 is 23.5 Å². The first-order valence-corrected chi connectivity index (χ1v) is 7.51. The highest BCUT2D eigenvalue weighted by Gasteiger charge is 2.35. The lowest BCUT2D eigenvalue weighted by Crippen LogP contribution is -2.24. The number of hydrogen-bond donors (Lipinski definition) is 0. The largest absolute Gasteiger partial charge is 0.423 e. The lowest BCUT2D eigenvalue weighted by atomic mass is 9.83. The molecule has 1 aliphatic rings. The van der Waals surface area contributed by atoms with Gasteiger partial charge in [0.15, 0.2) is 11.6 Å². The van der Waals surface area contributed by atoms with E-state index in [1.54, 1.807) is 12.1 Å². The fourth-order valence-corrected chi connectivity index (χ4v) is 2.63. The normalized spacial score (nSPS) is 11.8. The van der Waals surface area contributed by atoms with E-state index in [-0.39, 0.29) is 33.8 Å². The summed E-state index contributed by atoms with van der Waals surface area (Å²) in [5.74, 6) is -2.84. The number of esters is 2. The SMILES string of the molecule is C=CC(=O)Oc1ccc(OC(=O)C=C)c2c1C(=O)c1ccccc1C2=O. The van der Waals surface area contributed by atoms with Crippen molar-refractivity contribution < 1.29 is 28.7 Å². The zero-order chi connectivity index (χ0) is 18.8. The maximum Gasteiger partial charge on any atom is 0.335 e. The van der Waals surface area contributed by atoms with Crippen LogP contribution in [0, 0.1) is 0 Å². The highest BCUT2D eigenvalue weighted by atomic mass is 16.5. The number of ketones is 2. The van der Waals surface area contributed by atoms with Gasteiger partial charge >= 0.3 is 11.9 Å². The van der Waals surface area contributed by atoms with Gasteiger partial charge in [-0.15, -0.1) is 0 Å². The Bertz CT molecular complexity index is 919. The van der Waals surface area contributed by atoms with Crippen LogP contribution in [0.15, 0.2) is 61.7 Å². The third-order valence-electron chi connectivity index (χ3n) is 3.75. The highest BCUT2D eigenvalue weighted by Crippen LogP contribution is 2.38. The number of carbonyl (C=O) groups excluding carboxylic acids is 4. The van der Waals surface area contributed by atoms with Crippen molar-refractivity contribution in [1.82, 2.24) is 0 Å². The van der Waals surface area contributed by atoms with Crippen LogP contribution in [0.5, 0.6) is 11.5 Å². The van der Waals surface area contributed by atoms with Gasteiger partial charge in [-0.05, 0) is 12.1 Å². The summed E-state index contributed by atoms with van der Waals surface area (Å²) >= 11 is 0. The summed E-state index contributed by atoms with van der Waals surface area (Å²) in [6, 6.07) is 8.80. The van der Waals surface area contributed by atoms with Crippen molar-refractivity contribution in [3.05, 3.63) is 84.0 Å². The second-order valence-corrected chi connectivity index (χ2v) is 5.27. The number of fused-ring (bicyclic) bond motifs is 2. The Balaban J connectivity index is 2.26. The van der Waals surface area contributed by atoms with E-state index in [9.17, 15) is 19.2 Å². The second kappa shape index (κ2) is 6.60. The first kappa shape index (κ1) is 17.0. The van der Waals surface area contributed by atoms with Gasteiger partial charge in [0.2, 0.25) is 0 Å². The van der Waals surface area contributed by atoms with Crippen LogP contribution in [0.25, 0.3) is 0 Å². The molecule has 128 valence electrons. The molecule has 0 N–H and O–H groups in total. The Kier molecular flexibility index (Phi) is 4.33. The Labute approximate surface area is 148 Å². The average Bonchev–Trinajstić information content (AvgIpc) is 2.66. The van der Waals surface area contributed by atoms with Crippen molar-refractivity contribution in [2.24, 2.45) is 0 Å². The minimum atomic E-state index is -0.790. The van der Waals surface area contributed by atoms with Gasteiger partial charge in [-0.1, -0.05) is 37.4 Å². The van der Waals surface area contributed by atoms with E-state index in [4.69, 9.17) is 9.47 Å². The standard InChI is InChI=1S/C20H12O6/c1-3-15(21)25-13-9-10-14(26-16(22)4-2)18-17(13)19(23)11-7-5-6-8-12(11)20(18)24/h3-10H,1-2H2. The highest BCUT2D eigenvalue weighted by molar-refractivity contribution is 6.30. The van der Waals surface area contributed by atoms with Gasteiger partial charge in [-0.2, -0.15) is 0 Å². The van der Waals surface area contributed by atoms with Crippen LogP contribution < -0.4 is 9.47 Å². The van der Waals surface area contributed by atoms with Crippen molar-refractivity contribution in [3.8, 4) is 11.5 Å². The van der Waals surface area contributed by atoms with Crippen LogP contribution in [0.4, 0.5) is 0 Å². The maximum absolute atomic E-state index is 12.9. The summed E-state index contributed by atoms with van der Waals surface area (Å²) < 4.78 is 10.2. The van der Waals surface area contributed by atoms with E-state index in [1.165, 1.54) is 24.3 Å². The molecule has 2 aromatic rings. The molecule has 0 radical (unpaired) electrons. The number of benzene rings is 2. The van der Waals surface area contributed by atoms with E-state index in [1.807, 2.05) is 0 Å². The van der Waals surface area contributed by atoms with Crippen LogP contribution in [0.1, 0.15) is 31.8 Å². The zero-order valence-electron chi connectivity index (χ0n) is 13.5. The lowest BCUT2D eigenvalue weighted by molar-refractivity contribution is -0.130. The summed E-state index contributed by atoms with van der Waals surface area (Å²) in [7, 11) is 0. The molecule has 0 heterocycles. The smallest absolute Gasteiger partial charge is 0.335 e. The Hall–Kier alpha value is -3.80. The minimum absolute atomic E-state index is 0.115. The third kappa shape index (κ3) is 2.73. The number of rotatable bonds is 4. The molecule has 0 bridgehead atoms. The number of carbonyl (C=O) groups is 4. The third-order valence-corrected chi connectivity index (χ3v) is 3.75. The van der Waals surface area contributed by atoms with E-state index in [2.05, 4.69) is 13.2 Å². The summed E-state index contributed by atoms with van der Waals surface area (Å²) in [6.07, 6.45) is 1.86. The molecule has 0 saturated heterocycles. The van der Waals surface area contributed by atoms with Crippen molar-refractivity contribution in [2.45, 2.75) is 0 Å². The molecule has 0 saturated carbocycles. The molecule has 26 heavy (non-hydrogen) atoms. The van der Waals surface area contributed by atoms with Gasteiger partial charge in [0, 0.05) is 23.3 Å². The molecule has 0 spiro atoms. The summed E-state index contributed by atoms with van der Waals surface area (Å²) in [5, 5.41) is 0. The fraction of sp³-hybridized carbons (Fsp3) is 0. The first-order valence-electron chi connectivity index (χ1n) is 7.51. The predicted octanol–water partition coefficient (Wildman–Crippen LogP) is 2.64. The van der Waals surface area contributed by atoms with Gasteiger partial charge in [0.1, 0.15) is 11.5 Å². The van der Waals surface area contributed by atoms with E-state index in [0.717, 1.165) is 12.2 Å². The molecule has 0 aliphatic heterocycles. The molecule has 0 aromatic heterocycles. The van der Waals surface area contributed by atoms with Crippen LogP contribution in [-0.2, 0) is 9.59 Å². The average molecular weight is 348 g/mol. The molecular formula is C20H12O6. The Morgan fingerprint density at radius 2 is 1.12 bits per heavy atom. The lowest BCUT2D eigenvalue weighted by Gasteiger charge is -2.21. The summed E-state index contributed by atoms with van der Waals surface area (Å²) in [6.45, 7) is 6.60. The predicted molar refractivity (Wildman–Crippen MR) is 91.4 cm³/mol. The molecular weight excluding hydrogens is 336 g/mol. The van der Waals surface area contributed by atoms with Crippen LogP contribution in [0.2, 0.25) is 0 Å². The molecule has 1 aliphatic carbocycles. The van der Waals surface area contributed by atoms with Crippen LogP contribution >= 0.6 is 0 Å². The van der Waals surface area contributed by atoms with E-state index >= 15 is 0 Å². The number of hydrogen-bond acceptors (Lipinski definition) is 6. The molecule has 2 aromatic carbocycles. The molecule has 6 nitrogen and oxygen atoms in total. The first-order chi connectivity index (χ1) is 12.5. The van der Waals surface area contributed by atoms with Crippen molar-refractivity contribution in [3.63, 3.8) is 0 Å². The molecule has 0 fully saturated rings. The topological polar surface area (TPSA) is 86.7 Å². The van der Waals surface area contributed by atoms with Crippen LogP contribution in [0.3, 0.4) is 0 Å². The molecule has 6 heteroatoms. The quantitative estimate of drug-likeness (QED) is 0.409. The number of ether oxygens (including phenoxy) is 2. The maximum atomic E-state index is 12.9. The molecule has 0 amide bonds. The van der Waals surface area contributed by atoms with E-state index in [0.29, 0.717) is 0 Å². The van der Waals surface area contributed by atoms with Crippen molar-refractivity contribution >= 4 is 23.5 Å². The monoisotopic (exact) mass is 348 g/mol. The summed E-state index contributed by atoms with van der Waals surface area (Å²) in [4.78, 5) is 49.0. The van der Waals surface area contributed by atoms with Gasteiger partial charge in [-0.25, -0.2) is 9.59 Å². The zero-order valence-corrected chi connectivity index (χ0v) is 13.5. The Morgan fingerprint density at radius 3 is 1.46 bits per heavy atom. The molecule has 0 atom stereocenters. The van der Waals surface area contributed by atoms with Crippen molar-refractivity contribution in [2.75, 3.05) is 0 Å². The molecule has 0 unspecified atom stereocenters. The Morgan fingerprint density at radius 1 is 0.731 bits per heavy atom. The van der Waals surface area contributed by atoms with Gasteiger partial charge in [-0.3, -0.25) is 9.59 Å². The van der Waals surface area contributed by atoms with Crippen LogP contribution in [-0.4, -0.2) is 23.5 Å². The summed E-state index contributed by atoms with van der Waals surface area (Å²) in [5.41, 5.74) is 0.0673. The second-order valence-electron chi connectivity index (χ2n) is 5.27. The fourth-order valence-electron chi connectivity index (χ4n) is 2.63. The van der Waals surface area contributed by atoms with Crippen molar-refractivity contribution in [1.29, 1.82) is 0 Å². The van der Waals surface area contributed by atoms with Gasteiger partial charge in [0.05, 0.1) is 11.1 Å². The minimum Gasteiger partial charge on any atom is -0.423 e. The van der Waals surface area contributed by atoms with Gasteiger partial charge < -0.3 is 9.47 Å². The van der Waals surface area contributed by atoms with Gasteiger partial charge in [0.25, 0.3) is 0 Å².